The third-order valence-electron chi connectivity index (χ3n) is 8.68. The van der Waals surface area contributed by atoms with E-state index >= 15 is 0 Å². The number of carbonyl (C=O) groups excluding carboxylic acids is 3. The number of hydrogen-bond donors (Lipinski definition) is 2. The van der Waals surface area contributed by atoms with Crippen LogP contribution in [0.5, 0.6) is 0 Å². The minimum Gasteiger partial charge on any atom is -0.359 e. The Morgan fingerprint density at radius 3 is 2.61 bits per heavy atom. The highest BCUT2D eigenvalue weighted by molar-refractivity contribution is 6.30. The van der Waals surface area contributed by atoms with Gasteiger partial charge in [-0.1, -0.05) is 56.5 Å². The molecule has 36 heavy (non-hydrogen) atoms. The van der Waals surface area contributed by atoms with Crippen molar-refractivity contribution < 1.29 is 19.1 Å². The second kappa shape index (κ2) is 8.88. The molecule has 3 amide bonds. The van der Waals surface area contributed by atoms with Gasteiger partial charge in [-0.2, -0.15) is 0 Å². The van der Waals surface area contributed by atoms with E-state index in [9.17, 15) is 14.4 Å². The van der Waals surface area contributed by atoms with Gasteiger partial charge in [0.1, 0.15) is 11.6 Å². The number of rotatable bonds is 4. The summed E-state index contributed by atoms with van der Waals surface area (Å²) in [4.78, 5) is 43.1. The molecule has 8 atom stereocenters. The molecule has 1 aromatic carbocycles. The van der Waals surface area contributed by atoms with Gasteiger partial charge in [-0.15, -0.1) is 0 Å². The number of amides is 3. The molecule has 2 bridgehead atoms. The van der Waals surface area contributed by atoms with E-state index in [1.165, 1.54) is 0 Å². The van der Waals surface area contributed by atoms with Gasteiger partial charge in [0.25, 0.3) is 0 Å². The van der Waals surface area contributed by atoms with Gasteiger partial charge in [0.2, 0.25) is 17.7 Å². The Hall–Kier alpha value is -2.38. The minimum atomic E-state index is -1.17. The van der Waals surface area contributed by atoms with Crippen molar-refractivity contribution in [1.29, 1.82) is 0 Å². The van der Waals surface area contributed by atoms with Gasteiger partial charge in [-0.25, -0.2) is 0 Å². The molecule has 1 saturated carbocycles. The highest BCUT2D eigenvalue weighted by Gasteiger charge is 2.74. The van der Waals surface area contributed by atoms with Crippen LogP contribution < -0.4 is 10.6 Å². The van der Waals surface area contributed by atoms with E-state index in [1.807, 2.05) is 32.9 Å². The average molecular weight is 514 g/mol. The molecule has 1 aliphatic carbocycles. The molecule has 3 heterocycles. The van der Waals surface area contributed by atoms with Gasteiger partial charge in [0, 0.05) is 22.3 Å². The number of ether oxygens (including phenoxy) is 1. The van der Waals surface area contributed by atoms with E-state index in [0.717, 1.165) is 19.3 Å². The molecule has 8 unspecified atom stereocenters. The number of benzene rings is 1. The number of halogens is 1. The van der Waals surface area contributed by atoms with Crippen LogP contribution >= 0.6 is 11.6 Å². The highest BCUT2D eigenvalue weighted by atomic mass is 35.5. The first-order chi connectivity index (χ1) is 16.9. The summed E-state index contributed by atoms with van der Waals surface area (Å²) < 4.78 is 6.42. The second-order valence-electron chi connectivity index (χ2n) is 12.0. The lowest BCUT2D eigenvalue weighted by molar-refractivity contribution is -0.147. The van der Waals surface area contributed by atoms with Gasteiger partial charge >= 0.3 is 0 Å². The SMILES string of the molecule is CC1CCCC(NC(=O)C2N(C(C)(C)C)C(=O)C3C(C(=O)Nc4cccc(Cl)c4)C4C=CC32O4)C1C. The molecule has 4 aliphatic rings. The standard InChI is InChI=1S/C28H36ClN3O4/c1-15-8-6-11-19(16(15)2)31-25(34)23-28-13-12-20(36-28)21(22(28)26(35)32(23)27(3,4)5)24(33)30-18-10-7-9-17(29)14-18/h7,9-10,12-16,19-23H,6,8,11H2,1-5H3,(H,30,33)(H,31,34). The van der Waals surface area contributed by atoms with Crippen LogP contribution in [0, 0.1) is 23.7 Å². The highest BCUT2D eigenvalue weighted by Crippen LogP contribution is 2.56. The van der Waals surface area contributed by atoms with Crippen molar-refractivity contribution >= 4 is 35.0 Å². The van der Waals surface area contributed by atoms with Crippen molar-refractivity contribution in [3.05, 3.63) is 41.4 Å². The zero-order valence-corrected chi connectivity index (χ0v) is 22.3. The second-order valence-corrected chi connectivity index (χ2v) is 12.4. The topological polar surface area (TPSA) is 87.7 Å². The fraction of sp³-hybridized carbons (Fsp3) is 0.607. The molecule has 8 heteroatoms. The van der Waals surface area contributed by atoms with E-state index in [-0.39, 0.29) is 23.8 Å². The zero-order valence-electron chi connectivity index (χ0n) is 21.6. The Morgan fingerprint density at radius 2 is 1.92 bits per heavy atom. The number of nitrogens with one attached hydrogen (secondary N) is 2. The zero-order chi connectivity index (χ0) is 26.0. The third kappa shape index (κ3) is 3.95. The molecule has 3 fully saturated rings. The van der Waals surface area contributed by atoms with Crippen LogP contribution in [0.2, 0.25) is 5.02 Å². The number of hydrogen-bond acceptors (Lipinski definition) is 4. The first-order valence-electron chi connectivity index (χ1n) is 13.0. The Kier molecular flexibility index (Phi) is 6.23. The maximum absolute atomic E-state index is 14.0. The van der Waals surface area contributed by atoms with Gasteiger partial charge in [0.15, 0.2) is 0 Å². The maximum atomic E-state index is 14.0. The van der Waals surface area contributed by atoms with E-state index < -0.39 is 35.1 Å². The number of nitrogens with zero attached hydrogens (tertiary/aromatic N) is 1. The molecular weight excluding hydrogens is 478 g/mol. The molecule has 2 N–H and O–H groups in total. The number of anilines is 1. The summed E-state index contributed by atoms with van der Waals surface area (Å²) in [5.41, 5.74) is -1.24. The number of likely N-dealkylation sites (tertiary alicyclic amines) is 1. The van der Waals surface area contributed by atoms with Crippen molar-refractivity contribution in [3.63, 3.8) is 0 Å². The van der Waals surface area contributed by atoms with Gasteiger partial charge in [-0.3, -0.25) is 14.4 Å². The minimum absolute atomic E-state index is 0.0538. The summed E-state index contributed by atoms with van der Waals surface area (Å²) >= 11 is 6.09. The molecule has 0 aromatic heterocycles. The summed E-state index contributed by atoms with van der Waals surface area (Å²) in [6.45, 7) is 10.2. The summed E-state index contributed by atoms with van der Waals surface area (Å²) in [6, 6.07) is 6.12. The smallest absolute Gasteiger partial charge is 0.246 e. The lowest BCUT2D eigenvalue weighted by Crippen LogP contribution is -2.61. The van der Waals surface area contributed by atoms with Crippen LogP contribution in [0.4, 0.5) is 5.69 Å². The number of carbonyl (C=O) groups is 3. The molecule has 5 rings (SSSR count). The average Bonchev–Trinajstić information content (AvgIpc) is 3.44. The Bertz CT molecular complexity index is 1110. The summed E-state index contributed by atoms with van der Waals surface area (Å²) in [6.07, 6.45) is 6.28. The van der Waals surface area contributed by atoms with E-state index in [4.69, 9.17) is 16.3 Å². The first kappa shape index (κ1) is 25.3. The predicted molar refractivity (Wildman–Crippen MR) is 138 cm³/mol. The fourth-order valence-electron chi connectivity index (χ4n) is 6.73. The molecule has 1 spiro atoms. The van der Waals surface area contributed by atoms with Gasteiger partial charge < -0.3 is 20.3 Å². The van der Waals surface area contributed by atoms with Crippen LogP contribution in [0.25, 0.3) is 0 Å². The van der Waals surface area contributed by atoms with E-state index in [0.29, 0.717) is 22.5 Å². The summed E-state index contributed by atoms with van der Waals surface area (Å²) in [5.74, 6) is -1.36. The van der Waals surface area contributed by atoms with Crippen molar-refractivity contribution in [2.75, 3.05) is 5.32 Å². The van der Waals surface area contributed by atoms with Crippen LogP contribution in [-0.2, 0) is 19.1 Å². The first-order valence-corrected chi connectivity index (χ1v) is 13.4. The van der Waals surface area contributed by atoms with Crippen LogP contribution in [0.15, 0.2) is 36.4 Å². The van der Waals surface area contributed by atoms with Crippen LogP contribution in [-0.4, -0.2) is 51.9 Å². The molecule has 1 aromatic rings. The fourth-order valence-corrected chi connectivity index (χ4v) is 6.92. The van der Waals surface area contributed by atoms with Gasteiger partial charge in [0.05, 0.1) is 17.9 Å². The Balaban J connectivity index is 1.46. The van der Waals surface area contributed by atoms with Gasteiger partial charge in [-0.05, 0) is 57.2 Å². The Morgan fingerprint density at radius 1 is 1.17 bits per heavy atom. The van der Waals surface area contributed by atoms with Crippen molar-refractivity contribution in [2.45, 2.75) is 83.2 Å². The van der Waals surface area contributed by atoms with Crippen molar-refractivity contribution in [3.8, 4) is 0 Å². The van der Waals surface area contributed by atoms with Crippen molar-refractivity contribution in [1.82, 2.24) is 10.2 Å². The van der Waals surface area contributed by atoms with Crippen molar-refractivity contribution in [2.24, 2.45) is 23.7 Å². The largest absolute Gasteiger partial charge is 0.359 e. The maximum Gasteiger partial charge on any atom is 0.246 e. The third-order valence-corrected chi connectivity index (χ3v) is 8.91. The lowest BCUT2D eigenvalue weighted by Gasteiger charge is -2.41. The normalized spacial score (nSPS) is 37.2. The Labute approximate surface area is 218 Å². The molecule has 0 radical (unpaired) electrons. The van der Waals surface area contributed by atoms with E-state index in [2.05, 4.69) is 24.5 Å². The van der Waals surface area contributed by atoms with Crippen LogP contribution in [0.1, 0.15) is 53.9 Å². The lowest BCUT2D eigenvalue weighted by atomic mass is 9.73. The summed E-state index contributed by atoms with van der Waals surface area (Å²) in [5, 5.41) is 6.69. The molecule has 7 nitrogen and oxygen atoms in total. The van der Waals surface area contributed by atoms with Crippen LogP contribution in [0.3, 0.4) is 0 Å². The summed E-state index contributed by atoms with van der Waals surface area (Å²) in [7, 11) is 0. The predicted octanol–water partition coefficient (Wildman–Crippen LogP) is 4.17. The number of fused-ring (bicyclic) bond motifs is 1. The monoisotopic (exact) mass is 513 g/mol. The quantitative estimate of drug-likeness (QED) is 0.591. The molecular formula is C28H36ClN3O4. The van der Waals surface area contributed by atoms with E-state index in [1.54, 1.807) is 29.2 Å². The molecule has 2 saturated heterocycles. The molecule has 3 aliphatic heterocycles. The molecule has 194 valence electrons.